The molecule has 2 aromatic carbocycles. The van der Waals surface area contributed by atoms with E-state index in [0.717, 1.165) is 12.0 Å². The normalized spacial score (nSPS) is 20.3. The number of carbonyl (C=O) groups excluding carboxylic acids is 2. The molecule has 296 valence electrons. The van der Waals surface area contributed by atoms with E-state index < -0.39 is 54.7 Å². The van der Waals surface area contributed by atoms with Crippen molar-refractivity contribution in [1.29, 1.82) is 0 Å². The van der Waals surface area contributed by atoms with E-state index in [1.165, 1.54) is 0 Å². The second-order valence-electron chi connectivity index (χ2n) is 13.9. The number of aryl methyl sites for hydroxylation is 1. The lowest BCUT2D eigenvalue weighted by atomic mass is 9.93. The van der Waals surface area contributed by atoms with Gasteiger partial charge in [-0.05, 0) is 55.3 Å². The number of fused-ring (bicyclic) bond motifs is 1. The molecule has 13 nitrogen and oxygen atoms in total. The van der Waals surface area contributed by atoms with E-state index in [9.17, 15) is 33.0 Å². The number of hydrogen-bond acceptors (Lipinski definition) is 11. The van der Waals surface area contributed by atoms with Crippen molar-refractivity contribution in [2.24, 2.45) is 5.92 Å². The molecule has 0 aliphatic carbocycles. The lowest BCUT2D eigenvalue weighted by Crippen LogP contribution is -2.60. The third-order valence-electron chi connectivity index (χ3n) is 9.62. The number of rotatable bonds is 15. The first-order valence-electron chi connectivity index (χ1n) is 18.2. The van der Waals surface area contributed by atoms with Gasteiger partial charge >= 0.3 is 6.18 Å². The summed E-state index contributed by atoms with van der Waals surface area (Å²) in [7, 11) is 0. The van der Waals surface area contributed by atoms with E-state index in [0.29, 0.717) is 53.3 Å². The summed E-state index contributed by atoms with van der Waals surface area (Å²) in [6, 6.07) is 15.9. The van der Waals surface area contributed by atoms with E-state index >= 15 is 0 Å². The first kappa shape index (κ1) is 40.2. The second-order valence-corrected chi connectivity index (χ2v) is 14.3. The molecule has 4 aromatic rings. The molecule has 0 spiro atoms. The summed E-state index contributed by atoms with van der Waals surface area (Å²) < 4.78 is 56.9. The number of furan rings is 1. The van der Waals surface area contributed by atoms with Crippen molar-refractivity contribution in [3.05, 3.63) is 88.8 Å². The number of benzene rings is 2. The Morgan fingerprint density at radius 1 is 1.04 bits per heavy atom. The summed E-state index contributed by atoms with van der Waals surface area (Å²) in [6.07, 6.45) is -5.68. The van der Waals surface area contributed by atoms with Crippen molar-refractivity contribution in [1.82, 2.24) is 30.6 Å². The number of aliphatic hydroxyl groups excluding tert-OH is 2. The van der Waals surface area contributed by atoms with Crippen LogP contribution in [0.3, 0.4) is 0 Å². The van der Waals surface area contributed by atoms with Crippen LogP contribution in [0.25, 0.3) is 11.3 Å². The maximum Gasteiger partial charge on any atom is 0.405 e. The van der Waals surface area contributed by atoms with Gasteiger partial charge in [-0.2, -0.15) is 13.2 Å². The van der Waals surface area contributed by atoms with Gasteiger partial charge < -0.3 is 34.4 Å². The number of amides is 2. The minimum absolute atomic E-state index is 0.0228. The summed E-state index contributed by atoms with van der Waals surface area (Å²) in [4.78, 5) is 30.8. The molecule has 1 fully saturated rings. The number of carbonyl (C=O) groups is 2. The Bertz CT molecular complexity index is 1890. The fraction of sp³-hybridized carbons (Fsp3) is 0.474. The SMILES string of the molecule is CCCc1nnc(C[C@H](C[C@H](O)CN2CCN(Cc3ccc(-c4ccc(Cl)cc4)o3)C[C@H]2C(=O)NCC(F)(F)F)C(=O)N[C@H]2c3ccccc3OC[C@H]2O)o1. The van der Waals surface area contributed by atoms with Gasteiger partial charge in [-0.3, -0.25) is 19.4 Å². The Morgan fingerprint density at radius 3 is 2.56 bits per heavy atom. The number of nitrogens with one attached hydrogen (secondary N) is 2. The van der Waals surface area contributed by atoms with Gasteiger partial charge in [0.15, 0.2) is 0 Å². The van der Waals surface area contributed by atoms with Crippen LogP contribution in [0.15, 0.2) is 69.5 Å². The van der Waals surface area contributed by atoms with Crippen molar-refractivity contribution >= 4 is 23.4 Å². The molecular formula is C38H44ClF3N6O7. The summed E-state index contributed by atoms with van der Waals surface area (Å²) >= 11 is 6.01. The first-order valence-corrected chi connectivity index (χ1v) is 18.6. The standard InChI is InChI=1S/C38H44ClF3N6O7/c1-2-5-33-45-46-34(55-33)17-24(36(51)44-35-28-6-3-4-7-32(28)53-21-30(35)50)16-26(49)18-48-15-14-47(20-29(48)37(52)43-22-38(40,41)42)19-27-12-13-31(54-27)23-8-10-25(39)11-9-23/h3-4,6-13,24,26,29-30,35,49-50H,2,5,14-22H2,1H3,(H,43,52)(H,44,51)/t24-,26-,29-,30+,35-/m0/s1. The minimum Gasteiger partial charge on any atom is -0.490 e. The highest BCUT2D eigenvalue weighted by atomic mass is 35.5. The van der Waals surface area contributed by atoms with Crippen molar-refractivity contribution in [2.75, 3.05) is 39.3 Å². The van der Waals surface area contributed by atoms with E-state index in [1.807, 2.05) is 35.3 Å². The summed E-state index contributed by atoms with van der Waals surface area (Å²) in [6.45, 7) is 1.30. The van der Waals surface area contributed by atoms with Crippen LogP contribution in [0.5, 0.6) is 5.75 Å². The van der Waals surface area contributed by atoms with E-state index in [2.05, 4.69) is 15.5 Å². The van der Waals surface area contributed by atoms with Crippen LogP contribution in [0.4, 0.5) is 13.2 Å². The number of alkyl halides is 3. The zero-order valence-corrected chi connectivity index (χ0v) is 30.9. The van der Waals surface area contributed by atoms with Crippen molar-refractivity contribution in [2.45, 2.75) is 69.6 Å². The Kier molecular flexibility index (Phi) is 13.1. The van der Waals surface area contributed by atoms with Gasteiger partial charge in [-0.15, -0.1) is 10.2 Å². The summed E-state index contributed by atoms with van der Waals surface area (Å²) in [5.74, 6) is 0.0954. The number of aromatic nitrogens is 2. The molecule has 2 aliphatic heterocycles. The molecule has 55 heavy (non-hydrogen) atoms. The molecule has 2 aliphatic rings. The van der Waals surface area contributed by atoms with Gasteiger partial charge in [0.2, 0.25) is 23.6 Å². The maximum atomic E-state index is 13.9. The lowest BCUT2D eigenvalue weighted by molar-refractivity contribution is -0.143. The fourth-order valence-electron chi connectivity index (χ4n) is 6.89. The van der Waals surface area contributed by atoms with Crippen LogP contribution in [0.2, 0.25) is 5.02 Å². The van der Waals surface area contributed by atoms with Gasteiger partial charge in [0.1, 0.15) is 42.6 Å². The van der Waals surface area contributed by atoms with Gasteiger partial charge in [-0.25, -0.2) is 0 Å². The van der Waals surface area contributed by atoms with Crippen LogP contribution in [-0.2, 0) is 29.0 Å². The molecule has 5 atom stereocenters. The molecule has 0 unspecified atom stereocenters. The molecule has 2 amide bonds. The predicted molar refractivity (Wildman–Crippen MR) is 194 cm³/mol. The second kappa shape index (κ2) is 18.0. The van der Waals surface area contributed by atoms with Gasteiger partial charge in [-0.1, -0.05) is 36.7 Å². The quantitative estimate of drug-likeness (QED) is 0.136. The fourth-order valence-corrected chi connectivity index (χ4v) is 7.02. The number of para-hydroxylation sites is 1. The van der Waals surface area contributed by atoms with Crippen molar-refractivity contribution in [3.63, 3.8) is 0 Å². The largest absolute Gasteiger partial charge is 0.490 e. The van der Waals surface area contributed by atoms with Crippen molar-refractivity contribution in [3.8, 4) is 17.1 Å². The summed E-state index contributed by atoms with van der Waals surface area (Å²) in [5.41, 5.74) is 1.42. The highest BCUT2D eigenvalue weighted by Gasteiger charge is 2.38. The van der Waals surface area contributed by atoms with Crippen LogP contribution in [-0.4, -0.2) is 106 Å². The lowest BCUT2D eigenvalue weighted by Gasteiger charge is -2.41. The molecule has 1 saturated heterocycles. The number of halogens is 4. The monoisotopic (exact) mass is 788 g/mol. The number of aliphatic hydroxyl groups is 2. The number of β-amino-alcohol motifs (C(OH)–C–C–N with tert-alkyl or cyclic N) is 1. The zero-order valence-electron chi connectivity index (χ0n) is 30.2. The van der Waals surface area contributed by atoms with E-state index in [4.69, 9.17) is 25.2 Å². The van der Waals surface area contributed by atoms with E-state index in [1.54, 1.807) is 47.4 Å². The molecule has 17 heteroatoms. The Morgan fingerprint density at radius 2 is 1.80 bits per heavy atom. The van der Waals surface area contributed by atoms with E-state index in [-0.39, 0.29) is 45.0 Å². The minimum atomic E-state index is -4.62. The maximum absolute atomic E-state index is 13.9. The highest BCUT2D eigenvalue weighted by molar-refractivity contribution is 6.30. The molecule has 6 rings (SSSR count). The topological polar surface area (TPSA) is 166 Å². The highest BCUT2D eigenvalue weighted by Crippen LogP contribution is 2.33. The number of nitrogens with zero attached hydrogens (tertiary/aromatic N) is 4. The van der Waals surface area contributed by atoms with Gasteiger partial charge in [0.25, 0.3) is 0 Å². The number of hydrogen-bond donors (Lipinski definition) is 4. The third-order valence-corrected chi connectivity index (χ3v) is 9.88. The number of piperazine rings is 1. The smallest absolute Gasteiger partial charge is 0.405 e. The number of ether oxygens (including phenoxy) is 1. The molecule has 0 saturated carbocycles. The van der Waals surface area contributed by atoms with Crippen LogP contribution >= 0.6 is 11.6 Å². The Hall–Kier alpha value is -4.48. The molecule has 4 N–H and O–H groups in total. The first-order chi connectivity index (χ1) is 26.3. The molecule has 0 radical (unpaired) electrons. The average molecular weight is 789 g/mol. The Labute approximate surface area is 320 Å². The van der Waals surface area contributed by atoms with Crippen LogP contribution in [0.1, 0.15) is 48.9 Å². The van der Waals surface area contributed by atoms with Gasteiger partial charge in [0, 0.05) is 61.1 Å². The molecule has 4 heterocycles. The van der Waals surface area contributed by atoms with Crippen molar-refractivity contribution < 1.29 is 46.5 Å². The predicted octanol–water partition coefficient (Wildman–Crippen LogP) is 4.32. The van der Waals surface area contributed by atoms with Crippen LogP contribution in [0, 0.1) is 5.92 Å². The molecular weight excluding hydrogens is 745 g/mol. The zero-order chi connectivity index (χ0) is 39.1. The van der Waals surface area contributed by atoms with Gasteiger partial charge in [0.05, 0.1) is 18.7 Å². The van der Waals surface area contributed by atoms with Crippen LogP contribution < -0.4 is 15.4 Å². The molecule has 0 bridgehead atoms. The average Bonchev–Trinajstić information content (AvgIpc) is 3.81. The molecule has 2 aromatic heterocycles. The summed E-state index contributed by atoms with van der Waals surface area (Å²) in [5, 5.41) is 35.9. The Balaban J connectivity index is 1.15. The third kappa shape index (κ3) is 10.9.